The van der Waals surface area contributed by atoms with E-state index in [0.717, 1.165) is 17.8 Å². The minimum atomic E-state index is -0.592. The van der Waals surface area contributed by atoms with Crippen LogP contribution >= 0.6 is 0 Å². The predicted octanol–water partition coefficient (Wildman–Crippen LogP) is 3.31. The van der Waals surface area contributed by atoms with E-state index in [4.69, 9.17) is 14.2 Å². The fourth-order valence-electron chi connectivity index (χ4n) is 5.10. The number of pyridine rings is 1. The maximum atomic E-state index is 12.4. The summed E-state index contributed by atoms with van der Waals surface area (Å²) in [5.41, 5.74) is 0.863. The summed E-state index contributed by atoms with van der Waals surface area (Å²) in [4.78, 5) is 43.5. The van der Waals surface area contributed by atoms with Crippen LogP contribution < -0.4 is 10.2 Å². The number of nitrogens with one attached hydrogen (secondary N) is 1. The van der Waals surface area contributed by atoms with Crippen LogP contribution in [-0.4, -0.2) is 54.4 Å². The molecule has 1 aromatic rings. The molecular formula is C24H31N3O6. The number of ether oxygens (including phenoxy) is 3. The minimum Gasteiger partial charge on any atom is -0.465 e. The Morgan fingerprint density at radius 3 is 2.76 bits per heavy atom. The molecule has 2 aliphatic heterocycles. The number of fused-ring (bicyclic) bond motifs is 6. The summed E-state index contributed by atoms with van der Waals surface area (Å²) in [5, 5.41) is 2.69. The van der Waals surface area contributed by atoms with Crippen molar-refractivity contribution in [1.82, 2.24) is 4.98 Å². The number of hydrogen-bond acceptors (Lipinski definition) is 8. The quantitative estimate of drug-likeness (QED) is 0.417. The van der Waals surface area contributed by atoms with Gasteiger partial charge in [0.05, 0.1) is 37.1 Å². The molecule has 0 aromatic carbocycles. The lowest BCUT2D eigenvalue weighted by Crippen LogP contribution is -2.59. The van der Waals surface area contributed by atoms with Crippen LogP contribution in [0.2, 0.25) is 0 Å². The van der Waals surface area contributed by atoms with Crippen molar-refractivity contribution in [2.75, 3.05) is 30.0 Å². The van der Waals surface area contributed by atoms with Crippen LogP contribution in [0.5, 0.6) is 0 Å². The Balaban J connectivity index is 1.57. The molecule has 4 atom stereocenters. The zero-order chi connectivity index (χ0) is 23.8. The van der Waals surface area contributed by atoms with Crippen molar-refractivity contribution in [3.05, 3.63) is 30.0 Å². The largest absolute Gasteiger partial charge is 0.465 e. The molecule has 0 radical (unpaired) electrons. The summed E-state index contributed by atoms with van der Waals surface area (Å²) < 4.78 is 15.9. The molecule has 3 aliphatic rings. The van der Waals surface area contributed by atoms with Gasteiger partial charge >= 0.3 is 18.0 Å². The monoisotopic (exact) mass is 457 g/mol. The highest BCUT2D eigenvalue weighted by Gasteiger charge is 2.52. The number of carbonyl (C=O) groups is 3. The molecule has 9 heteroatoms. The molecule has 1 amide bonds. The van der Waals surface area contributed by atoms with Gasteiger partial charge in [-0.3, -0.25) is 10.1 Å². The first-order valence-corrected chi connectivity index (χ1v) is 11.4. The second-order valence-electron chi connectivity index (χ2n) is 9.69. The number of cyclic esters (lactones) is 1. The van der Waals surface area contributed by atoms with Crippen molar-refractivity contribution in [2.45, 2.75) is 52.2 Å². The van der Waals surface area contributed by atoms with Crippen LogP contribution in [0.3, 0.4) is 0 Å². The highest BCUT2D eigenvalue weighted by atomic mass is 16.6. The SMILES string of the molecule is CCOC(=O)/C=C1/[C@@H]2[C@@H]3COC(=O)[C@@H](C3)[C@H]1CCN2c1ccc(NC(=O)OC(C)(C)C)cn1. The Labute approximate surface area is 193 Å². The van der Waals surface area contributed by atoms with Gasteiger partial charge in [-0.15, -0.1) is 0 Å². The molecule has 1 N–H and O–H groups in total. The van der Waals surface area contributed by atoms with E-state index in [1.807, 2.05) is 6.07 Å². The number of amides is 1. The van der Waals surface area contributed by atoms with Gasteiger partial charge in [0.2, 0.25) is 0 Å². The van der Waals surface area contributed by atoms with Gasteiger partial charge in [-0.05, 0) is 64.2 Å². The second-order valence-corrected chi connectivity index (χ2v) is 9.69. The summed E-state index contributed by atoms with van der Waals surface area (Å²) >= 11 is 0. The van der Waals surface area contributed by atoms with Gasteiger partial charge in [0, 0.05) is 18.5 Å². The zero-order valence-electron chi connectivity index (χ0n) is 19.5. The van der Waals surface area contributed by atoms with E-state index in [-0.39, 0.29) is 35.7 Å². The Kier molecular flexibility index (Phi) is 6.32. The van der Waals surface area contributed by atoms with E-state index in [9.17, 15) is 14.4 Å². The average molecular weight is 458 g/mol. The fourth-order valence-corrected chi connectivity index (χ4v) is 5.10. The first-order chi connectivity index (χ1) is 15.7. The summed E-state index contributed by atoms with van der Waals surface area (Å²) in [6.45, 7) is 8.50. The van der Waals surface area contributed by atoms with Gasteiger partial charge in [-0.2, -0.15) is 0 Å². The summed E-state index contributed by atoms with van der Waals surface area (Å²) in [6.07, 6.45) is 4.07. The van der Waals surface area contributed by atoms with E-state index in [1.165, 1.54) is 0 Å². The third-order valence-electron chi connectivity index (χ3n) is 6.28. The first kappa shape index (κ1) is 23.1. The molecule has 0 spiro atoms. The van der Waals surface area contributed by atoms with Crippen molar-refractivity contribution in [1.29, 1.82) is 0 Å². The van der Waals surface area contributed by atoms with Crippen molar-refractivity contribution >= 4 is 29.5 Å². The van der Waals surface area contributed by atoms with E-state index in [1.54, 1.807) is 46.0 Å². The van der Waals surface area contributed by atoms with E-state index < -0.39 is 11.7 Å². The Hall–Kier alpha value is -3.10. The van der Waals surface area contributed by atoms with Crippen LogP contribution in [0, 0.1) is 17.8 Å². The van der Waals surface area contributed by atoms with Gasteiger partial charge in [-0.1, -0.05) is 0 Å². The molecule has 2 saturated heterocycles. The Morgan fingerprint density at radius 1 is 1.30 bits per heavy atom. The van der Waals surface area contributed by atoms with Gasteiger partial charge in [0.25, 0.3) is 0 Å². The third kappa shape index (κ3) is 4.96. The van der Waals surface area contributed by atoms with E-state index in [0.29, 0.717) is 31.9 Å². The zero-order valence-corrected chi connectivity index (χ0v) is 19.5. The van der Waals surface area contributed by atoms with Gasteiger partial charge in [0.1, 0.15) is 11.4 Å². The highest BCUT2D eigenvalue weighted by molar-refractivity contribution is 5.85. The molecule has 1 aliphatic carbocycles. The van der Waals surface area contributed by atoms with Crippen molar-refractivity contribution in [2.24, 2.45) is 17.8 Å². The lowest BCUT2D eigenvalue weighted by Gasteiger charge is -2.53. The number of piperidine rings is 1. The summed E-state index contributed by atoms with van der Waals surface area (Å²) in [7, 11) is 0. The number of esters is 2. The highest BCUT2D eigenvalue weighted by Crippen LogP contribution is 2.49. The van der Waals surface area contributed by atoms with E-state index >= 15 is 0 Å². The van der Waals surface area contributed by atoms with Crippen LogP contribution in [0.25, 0.3) is 0 Å². The predicted molar refractivity (Wildman–Crippen MR) is 121 cm³/mol. The molecule has 178 valence electrons. The third-order valence-corrected chi connectivity index (χ3v) is 6.28. The smallest absolute Gasteiger partial charge is 0.412 e. The number of anilines is 2. The first-order valence-electron chi connectivity index (χ1n) is 11.4. The number of nitrogens with zero attached hydrogens (tertiary/aromatic N) is 2. The molecular weight excluding hydrogens is 426 g/mol. The minimum absolute atomic E-state index is 0.0344. The molecule has 3 heterocycles. The van der Waals surface area contributed by atoms with E-state index in [2.05, 4.69) is 15.2 Å². The normalized spacial score (nSPS) is 27.6. The topological polar surface area (TPSA) is 107 Å². The molecule has 0 unspecified atom stereocenters. The van der Waals surface area contributed by atoms with Crippen molar-refractivity contribution in [3.63, 3.8) is 0 Å². The number of carbonyl (C=O) groups excluding carboxylic acids is 3. The van der Waals surface area contributed by atoms with Crippen molar-refractivity contribution < 1.29 is 28.6 Å². The second kappa shape index (κ2) is 9.03. The average Bonchev–Trinajstić information content (AvgIpc) is 2.73. The number of aromatic nitrogens is 1. The lowest BCUT2D eigenvalue weighted by atomic mass is 9.63. The molecule has 9 nitrogen and oxygen atoms in total. The molecule has 1 aromatic heterocycles. The Bertz CT molecular complexity index is 952. The van der Waals surface area contributed by atoms with Crippen LogP contribution in [0.15, 0.2) is 30.0 Å². The van der Waals surface area contributed by atoms with Gasteiger partial charge in [0.15, 0.2) is 0 Å². The lowest BCUT2D eigenvalue weighted by molar-refractivity contribution is -0.162. The fraction of sp³-hybridized carbons (Fsp3) is 0.583. The summed E-state index contributed by atoms with van der Waals surface area (Å²) in [6, 6.07) is 3.52. The number of rotatable bonds is 4. The number of hydrogen-bond donors (Lipinski definition) is 1. The Morgan fingerprint density at radius 2 is 2.09 bits per heavy atom. The molecule has 1 saturated carbocycles. The van der Waals surface area contributed by atoms with Crippen molar-refractivity contribution in [3.8, 4) is 0 Å². The molecule has 33 heavy (non-hydrogen) atoms. The maximum Gasteiger partial charge on any atom is 0.412 e. The van der Waals surface area contributed by atoms with Crippen LogP contribution in [0.4, 0.5) is 16.3 Å². The standard InChI is InChI=1S/C24H31N3O6/c1-5-31-20(28)11-17-16-8-9-27(21(17)14-10-18(16)22(29)32-13-14)19-7-6-15(12-25-19)26-23(30)33-24(2,3)4/h6-7,11-12,14,16,18,21H,5,8-10,13H2,1-4H3,(H,26,30)/b17-11+/t14-,16-,18-,21-/m0/s1. The van der Waals surface area contributed by atoms with Gasteiger partial charge < -0.3 is 19.1 Å². The van der Waals surface area contributed by atoms with Crippen LogP contribution in [-0.2, 0) is 23.8 Å². The van der Waals surface area contributed by atoms with Crippen LogP contribution in [0.1, 0.15) is 40.5 Å². The van der Waals surface area contributed by atoms with Gasteiger partial charge in [-0.25, -0.2) is 14.6 Å². The molecule has 4 bridgehead atoms. The maximum absolute atomic E-state index is 12.4. The molecule has 4 rings (SSSR count). The molecule has 3 fully saturated rings. The summed E-state index contributed by atoms with van der Waals surface area (Å²) in [5.74, 6) is 0.00440.